The Morgan fingerprint density at radius 2 is 2.15 bits per heavy atom. The zero-order valence-corrected chi connectivity index (χ0v) is 12.4. The first kappa shape index (κ1) is 14.6. The molecule has 2 rings (SSSR count). The maximum atomic E-state index is 12.1. The number of thioether (sulfide) groups is 1. The van der Waals surface area contributed by atoms with Gasteiger partial charge in [-0.15, -0.1) is 0 Å². The number of hydrogen-bond donors (Lipinski definition) is 2. The smallest absolute Gasteiger partial charge is 0.283 e. The Balaban J connectivity index is 2.10. The van der Waals surface area contributed by atoms with Crippen LogP contribution < -0.4 is 10.7 Å². The van der Waals surface area contributed by atoms with E-state index in [2.05, 4.69) is 15.8 Å². The van der Waals surface area contributed by atoms with Crippen molar-refractivity contribution < 1.29 is 9.59 Å². The summed E-state index contributed by atoms with van der Waals surface area (Å²) in [7, 11) is 0. The molecule has 20 heavy (non-hydrogen) atoms. The highest BCUT2D eigenvalue weighted by molar-refractivity contribution is 8.19. The van der Waals surface area contributed by atoms with Crippen LogP contribution in [0.3, 0.4) is 0 Å². The Bertz CT molecular complexity index is 640. The first-order valence-electron chi connectivity index (χ1n) is 5.77. The third kappa shape index (κ3) is 3.40. The molecule has 0 unspecified atom stereocenters. The van der Waals surface area contributed by atoms with E-state index in [-0.39, 0.29) is 10.8 Å². The van der Waals surface area contributed by atoms with Crippen molar-refractivity contribution in [2.45, 2.75) is 13.8 Å². The van der Waals surface area contributed by atoms with E-state index >= 15 is 0 Å². The summed E-state index contributed by atoms with van der Waals surface area (Å²) in [4.78, 5) is 24.0. The predicted molar refractivity (Wildman–Crippen MR) is 81.6 cm³/mol. The molecular formula is C13H12ClN3O2S. The SMILES string of the molecule is CC(=O)C1=C(C)NN=C(C(=O)Nc2cccc(Cl)c2)S1. The number of halogens is 1. The Morgan fingerprint density at radius 1 is 1.40 bits per heavy atom. The number of hydrazone groups is 1. The Kier molecular flexibility index (Phi) is 4.46. The average Bonchev–Trinajstić information content (AvgIpc) is 2.38. The van der Waals surface area contributed by atoms with Crippen LogP contribution in [-0.2, 0) is 9.59 Å². The second-order valence-corrected chi connectivity index (χ2v) is 5.54. The van der Waals surface area contributed by atoms with Gasteiger partial charge in [-0.3, -0.25) is 15.0 Å². The molecule has 0 spiro atoms. The minimum absolute atomic E-state index is 0.108. The molecule has 7 heteroatoms. The number of benzene rings is 1. The molecule has 0 fully saturated rings. The molecule has 0 saturated carbocycles. The fraction of sp³-hybridized carbons (Fsp3) is 0.154. The zero-order chi connectivity index (χ0) is 14.7. The molecule has 0 bridgehead atoms. The van der Waals surface area contributed by atoms with Gasteiger partial charge in [0.1, 0.15) is 0 Å². The van der Waals surface area contributed by atoms with Crippen LogP contribution in [0.1, 0.15) is 13.8 Å². The first-order valence-corrected chi connectivity index (χ1v) is 6.97. The zero-order valence-electron chi connectivity index (χ0n) is 10.9. The van der Waals surface area contributed by atoms with Gasteiger partial charge in [0.2, 0.25) is 0 Å². The molecule has 0 saturated heterocycles. The second-order valence-electron chi connectivity index (χ2n) is 4.11. The van der Waals surface area contributed by atoms with Gasteiger partial charge in [-0.25, -0.2) is 0 Å². The molecule has 0 atom stereocenters. The largest absolute Gasteiger partial charge is 0.320 e. The molecule has 1 amide bonds. The molecule has 1 aromatic rings. The lowest BCUT2D eigenvalue weighted by atomic mass is 10.3. The highest BCUT2D eigenvalue weighted by Gasteiger charge is 2.22. The van der Waals surface area contributed by atoms with Crippen molar-refractivity contribution in [1.82, 2.24) is 5.43 Å². The summed E-state index contributed by atoms with van der Waals surface area (Å²) in [5.41, 5.74) is 3.89. The molecule has 0 aliphatic carbocycles. The first-order chi connectivity index (χ1) is 9.47. The van der Waals surface area contributed by atoms with Gasteiger partial charge in [-0.2, -0.15) is 5.10 Å². The van der Waals surface area contributed by atoms with Gasteiger partial charge >= 0.3 is 0 Å². The van der Waals surface area contributed by atoms with E-state index < -0.39 is 5.91 Å². The van der Waals surface area contributed by atoms with E-state index in [0.717, 1.165) is 11.8 Å². The molecule has 5 nitrogen and oxygen atoms in total. The molecule has 1 aliphatic rings. The molecule has 1 heterocycles. The van der Waals surface area contributed by atoms with Gasteiger partial charge in [0.25, 0.3) is 5.91 Å². The number of anilines is 1. The lowest BCUT2D eigenvalue weighted by Crippen LogP contribution is -2.27. The van der Waals surface area contributed by atoms with E-state index in [1.165, 1.54) is 6.92 Å². The normalized spacial score (nSPS) is 14.4. The maximum Gasteiger partial charge on any atom is 0.283 e. The Hall–Kier alpha value is -1.79. The topological polar surface area (TPSA) is 70.6 Å². The molecule has 0 aromatic heterocycles. The van der Waals surface area contributed by atoms with E-state index in [4.69, 9.17) is 11.6 Å². The van der Waals surface area contributed by atoms with Crippen molar-refractivity contribution in [3.8, 4) is 0 Å². The third-order valence-electron chi connectivity index (χ3n) is 2.46. The standard InChI is InChI=1S/C13H12ClN3O2S/c1-7-11(8(2)18)20-13(17-16-7)12(19)15-10-5-3-4-9(14)6-10/h3-6,16H,1-2H3,(H,15,19). The quantitative estimate of drug-likeness (QED) is 0.900. The van der Waals surface area contributed by atoms with Crippen molar-refractivity contribution >= 4 is 45.8 Å². The van der Waals surface area contributed by atoms with Gasteiger partial charge < -0.3 is 5.32 Å². The van der Waals surface area contributed by atoms with Crippen molar-refractivity contribution in [3.63, 3.8) is 0 Å². The molecular weight excluding hydrogens is 298 g/mol. The molecule has 1 aliphatic heterocycles. The number of Topliss-reactive ketones (excluding diaryl/α,β-unsaturated/α-hetero) is 1. The van der Waals surface area contributed by atoms with Crippen LogP contribution in [0.5, 0.6) is 0 Å². The fourth-order valence-corrected chi connectivity index (χ4v) is 2.53. The van der Waals surface area contributed by atoms with Gasteiger partial charge in [-0.1, -0.05) is 29.4 Å². The van der Waals surface area contributed by atoms with E-state index in [1.807, 2.05) is 0 Å². The van der Waals surface area contributed by atoms with Gasteiger partial charge in [0, 0.05) is 16.4 Å². The number of carbonyl (C=O) groups is 2. The minimum Gasteiger partial charge on any atom is -0.320 e. The number of hydrogen-bond acceptors (Lipinski definition) is 5. The Labute approximate surface area is 125 Å². The van der Waals surface area contributed by atoms with E-state index in [9.17, 15) is 9.59 Å². The summed E-state index contributed by atoms with van der Waals surface area (Å²) in [6.45, 7) is 3.18. The van der Waals surface area contributed by atoms with Crippen molar-refractivity contribution in [2.75, 3.05) is 5.32 Å². The van der Waals surface area contributed by atoms with Gasteiger partial charge in [0.15, 0.2) is 10.8 Å². The fourth-order valence-electron chi connectivity index (χ4n) is 1.57. The number of carbonyl (C=O) groups excluding carboxylic acids is 2. The van der Waals surface area contributed by atoms with Crippen LogP contribution in [0.15, 0.2) is 40.0 Å². The molecule has 104 valence electrons. The molecule has 1 aromatic carbocycles. The number of rotatable bonds is 3. The van der Waals surface area contributed by atoms with Gasteiger partial charge in [0.05, 0.1) is 4.91 Å². The summed E-state index contributed by atoms with van der Waals surface area (Å²) < 4.78 is 0. The van der Waals surface area contributed by atoms with E-state index in [1.54, 1.807) is 31.2 Å². The minimum atomic E-state index is -0.393. The third-order valence-corrected chi connectivity index (χ3v) is 3.96. The number of ketones is 1. The van der Waals surface area contributed by atoms with Crippen LogP contribution >= 0.6 is 23.4 Å². The number of allylic oxidation sites excluding steroid dienone is 2. The van der Waals surface area contributed by atoms with Crippen LogP contribution in [0.25, 0.3) is 0 Å². The van der Waals surface area contributed by atoms with Crippen molar-refractivity contribution in [2.24, 2.45) is 5.10 Å². The van der Waals surface area contributed by atoms with Crippen molar-refractivity contribution in [3.05, 3.63) is 39.9 Å². The molecule has 2 N–H and O–H groups in total. The van der Waals surface area contributed by atoms with E-state index in [0.29, 0.717) is 21.3 Å². The summed E-state index contributed by atoms with van der Waals surface area (Å²) >= 11 is 6.90. The van der Waals surface area contributed by atoms with Crippen molar-refractivity contribution in [1.29, 1.82) is 0 Å². The number of nitrogens with zero attached hydrogens (tertiary/aromatic N) is 1. The Morgan fingerprint density at radius 3 is 2.80 bits per heavy atom. The summed E-state index contributed by atoms with van der Waals surface area (Å²) in [5, 5.41) is 7.32. The maximum absolute atomic E-state index is 12.1. The number of amides is 1. The van der Waals surface area contributed by atoms with Gasteiger partial charge in [-0.05, 0) is 32.0 Å². The second kappa shape index (κ2) is 6.11. The molecule has 0 radical (unpaired) electrons. The summed E-state index contributed by atoms with van der Waals surface area (Å²) in [6, 6.07) is 6.80. The summed E-state index contributed by atoms with van der Waals surface area (Å²) in [5.74, 6) is -0.501. The summed E-state index contributed by atoms with van der Waals surface area (Å²) in [6.07, 6.45) is 0. The monoisotopic (exact) mass is 309 g/mol. The number of nitrogens with one attached hydrogen (secondary N) is 2. The highest BCUT2D eigenvalue weighted by Crippen LogP contribution is 2.25. The van der Waals surface area contributed by atoms with Crippen LogP contribution in [0, 0.1) is 0 Å². The lowest BCUT2D eigenvalue weighted by Gasteiger charge is -2.16. The van der Waals surface area contributed by atoms with Crippen LogP contribution in [0.2, 0.25) is 5.02 Å². The van der Waals surface area contributed by atoms with Crippen LogP contribution in [0.4, 0.5) is 5.69 Å². The van der Waals surface area contributed by atoms with Crippen LogP contribution in [-0.4, -0.2) is 16.7 Å². The predicted octanol–water partition coefficient (Wildman–Crippen LogP) is 2.75. The highest BCUT2D eigenvalue weighted by atomic mass is 35.5. The average molecular weight is 310 g/mol. The lowest BCUT2D eigenvalue weighted by molar-refractivity contribution is -0.113.